The van der Waals surface area contributed by atoms with Crippen molar-refractivity contribution in [2.24, 2.45) is 5.92 Å². The lowest BCUT2D eigenvalue weighted by molar-refractivity contribution is 0.0933. The molecule has 6 heteroatoms. The molecular weight excluding hydrogens is 302 g/mol. The van der Waals surface area contributed by atoms with Crippen molar-refractivity contribution in [3.05, 3.63) is 23.9 Å². The van der Waals surface area contributed by atoms with Gasteiger partial charge in [0.2, 0.25) is 0 Å². The van der Waals surface area contributed by atoms with E-state index in [9.17, 15) is 4.79 Å². The SMILES string of the molecule is CCN1CCN(C[C@@H](C)CNC(=O)c2ccc(N(C)C)nc2)CC1. The van der Waals surface area contributed by atoms with Crippen LogP contribution in [0.1, 0.15) is 24.2 Å². The molecule has 1 aromatic heterocycles. The van der Waals surface area contributed by atoms with Gasteiger partial charge in [0.15, 0.2) is 0 Å². The molecule has 1 atom stereocenters. The fourth-order valence-electron chi connectivity index (χ4n) is 2.95. The van der Waals surface area contributed by atoms with Gasteiger partial charge in [-0.3, -0.25) is 4.79 Å². The molecule has 0 unspecified atom stereocenters. The lowest BCUT2D eigenvalue weighted by atomic mass is 10.1. The van der Waals surface area contributed by atoms with E-state index in [4.69, 9.17) is 0 Å². The number of amides is 1. The van der Waals surface area contributed by atoms with E-state index in [1.54, 1.807) is 6.20 Å². The average Bonchev–Trinajstić information content (AvgIpc) is 2.60. The first kappa shape index (κ1) is 18.7. The van der Waals surface area contributed by atoms with Gasteiger partial charge in [-0.25, -0.2) is 4.98 Å². The van der Waals surface area contributed by atoms with Gasteiger partial charge in [0.1, 0.15) is 5.82 Å². The third-order valence-electron chi connectivity index (χ3n) is 4.56. The summed E-state index contributed by atoms with van der Waals surface area (Å²) in [5.74, 6) is 1.25. The number of carbonyl (C=O) groups is 1. The Morgan fingerprint density at radius 2 is 1.92 bits per heavy atom. The van der Waals surface area contributed by atoms with Crippen LogP contribution in [0.3, 0.4) is 0 Å². The molecule has 0 aromatic carbocycles. The fourth-order valence-corrected chi connectivity index (χ4v) is 2.95. The summed E-state index contributed by atoms with van der Waals surface area (Å²) in [5, 5.41) is 3.03. The zero-order valence-electron chi connectivity index (χ0n) is 15.5. The second-order valence-corrected chi connectivity index (χ2v) is 6.85. The van der Waals surface area contributed by atoms with Crippen LogP contribution in [-0.4, -0.2) is 80.6 Å². The highest BCUT2D eigenvalue weighted by Crippen LogP contribution is 2.08. The van der Waals surface area contributed by atoms with E-state index >= 15 is 0 Å². The minimum absolute atomic E-state index is 0.0459. The third kappa shape index (κ3) is 5.46. The highest BCUT2D eigenvalue weighted by Gasteiger charge is 2.17. The molecular formula is C18H31N5O. The molecule has 1 aromatic rings. The molecule has 1 N–H and O–H groups in total. The number of nitrogens with one attached hydrogen (secondary N) is 1. The van der Waals surface area contributed by atoms with Crippen molar-refractivity contribution in [2.75, 3.05) is 64.8 Å². The first-order valence-corrected chi connectivity index (χ1v) is 8.86. The third-order valence-corrected chi connectivity index (χ3v) is 4.56. The summed E-state index contributed by atoms with van der Waals surface area (Å²) in [6.07, 6.45) is 1.64. The van der Waals surface area contributed by atoms with E-state index in [-0.39, 0.29) is 5.91 Å². The van der Waals surface area contributed by atoms with Gasteiger partial charge in [-0.1, -0.05) is 13.8 Å². The number of nitrogens with zero attached hydrogens (tertiary/aromatic N) is 4. The van der Waals surface area contributed by atoms with Gasteiger partial charge in [-0.15, -0.1) is 0 Å². The molecule has 1 fully saturated rings. The molecule has 2 rings (SSSR count). The van der Waals surface area contributed by atoms with Crippen LogP contribution in [0.5, 0.6) is 0 Å². The summed E-state index contributed by atoms with van der Waals surface area (Å²) < 4.78 is 0. The summed E-state index contributed by atoms with van der Waals surface area (Å²) in [4.78, 5) is 23.4. The van der Waals surface area contributed by atoms with E-state index in [2.05, 4.69) is 33.9 Å². The topological polar surface area (TPSA) is 51.7 Å². The zero-order chi connectivity index (χ0) is 17.5. The minimum Gasteiger partial charge on any atom is -0.363 e. The van der Waals surface area contributed by atoms with E-state index in [0.717, 1.165) is 45.1 Å². The number of pyridine rings is 1. The Kier molecular flexibility index (Phi) is 6.99. The molecule has 1 aliphatic heterocycles. The molecule has 0 spiro atoms. The van der Waals surface area contributed by atoms with Crippen LogP contribution in [0.4, 0.5) is 5.82 Å². The molecule has 6 nitrogen and oxygen atoms in total. The lowest BCUT2D eigenvalue weighted by Gasteiger charge is -2.35. The molecule has 0 saturated carbocycles. The van der Waals surface area contributed by atoms with E-state index in [0.29, 0.717) is 18.0 Å². The highest BCUT2D eigenvalue weighted by molar-refractivity contribution is 5.94. The summed E-state index contributed by atoms with van der Waals surface area (Å²) >= 11 is 0. The maximum atomic E-state index is 12.2. The predicted molar refractivity (Wildman–Crippen MR) is 98.6 cm³/mol. The van der Waals surface area contributed by atoms with Gasteiger partial charge >= 0.3 is 0 Å². The van der Waals surface area contributed by atoms with Crippen molar-refractivity contribution in [1.29, 1.82) is 0 Å². The molecule has 2 heterocycles. The van der Waals surface area contributed by atoms with E-state index in [1.807, 2.05) is 31.1 Å². The maximum absolute atomic E-state index is 12.2. The normalized spacial score (nSPS) is 17.5. The number of rotatable bonds is 7. The molecule has 24 heavy (non-hydrogen) atoms. The Hall–Kier alpha value is -1.66. The van der Waals surface area contributed by atoms with Gasteiger partial charge in [-0.2, -0.15) is 0 Å². The zero-order valence-corrected chi connectivity index (χ0v) is 15.5. The summed E-state index contributed by atoms with van der Waals surface area (Å²) in [7, 11) is 3.87. The van der Waals surface area contributed by atoms with Gasteiger partial charge < -0.3 is 20.0 Å². The standard InChI is InChI=1S/C18H31N5O/c1-5-22-8-10-23(11-9-22)14-15(2)12-20-18(24)16-6-7-17(19-13-16)21(3)4/h6-7,13,15H,5,8-12,14H2,1-4H3,(H,20,24)/t15-/m0/s1. The quantitative estimate of drug-likeness (QED) is 0.811. The van der Waals surface area contributed by atoms with Gasteiger partial charge in [0.05, 0.1) is 5.56 Å². The van der Waals surface area contributed by atoms with Crippen LogP contribution in [-0.2, 0) is 0 Å². The monoisotopic (exact) mass is 333 g/mol. The maximum Gasteiger partial charge on any atom is 0.252 e. The van der Waals surface area contributed by atoms with Crippen molar-refractivity contribution in [3.63, 3.8) is 0 Å². The van der Waals surface area contributed by atoms with Crippen LogP contribution in [0.25, 0.3) is 0 Å². The molecule has 0 aliphatic carbocycles. The summed E-state index contributed by atoms with van der Waals surface area (Å²) in [6, 6.07) is 3.69. The molecule has 1 saturated heterocycles. The predicted octanol–water partition coefficient (Wildman–Crippen LogP) is 1.15. The number of hydrogen-bond acceptors (Lipinski definition) is 5. The van der Waals surface area contributed by atoms with Crippen LogP contribution in [0.2, 0.25) is 0 Å². The first-order valence-electron chi connectivity index (χ1n) is 8.86. The summed E-state index contributed by atoms with van der Waals surface area (Å²) in [5.41, 5.74) is 0.615. The fraction of sp³-hybridized carbons (Fsp3) is 0.667. The molecule has 134 valence electrons. The second kappa shape index (κ2) is 8.99. The smallest absolute Gasteiger partial charge is 0.252 e. The molecule has 0 radical (unpaired) electrons. The van der Waals surface area contributed by atoms with Crippen molar-refractivity contribution in [1.82, 2.24) is 20.1 Å². The van der Waals surface area contributed by atoms with Crippen molar-refractivity contribution in [2.45, 2.75) is 13.8 Å². The van der Waals surface area contributed by atoms with Crippen LogP contribution < -0.4 is 10.2 Å². The Morgan fingerprint density at radius 3 is 2.46 bits per heavy atom. The highest BCUT2D eigenvalue weighted by atomic mass is 16.1. The van der Waals surface area contributed by atoms with Crippen molar-refractivity contribution in [3.8, 4) is 0 Å². The van der Waals surface area contributed by atoms with Gasteiger partial charge in [0, 0.05) is 59.6 Å². The minimum atomic E-state index is -0.0459. The van der Waals surface area contributed by atoms with Crippen LogP contribution >= 0.6 is 0 Å². The van der Waals surface area contributed by atoms with E-state index in [1.165, 1.54) is 0 Å². The first-order chi connectivity index (χ1) is 11.5. The Labute approximate surface area is 145 Å². The average molecular weight is 333 g/mol. The van der Waals surface area contributed by atoms with Crippen molar-refractivity contribution >= 4 is 11.7 Å². The Morgan fingerprint density at radius 1 is 1.25 bits per heavy atom. The van der Waals surface area contributed by atoms with Crippen LogP contribution in [0, 0.1) is 5.92 Å². The number of likely N-dealkylation sites (N-methyl/N-ethyl adjacent to an activating group) is 1. The molecule has 0 bridgehead atoms. The largest absolute Gasteiger partial charge is 0.363 e. The van der Waals surface area contributed by atoms with Crippen LogP contribution in [0.15, 0.2) is 18.3 Å². The number of anilines is 1. The molecule has 1 amide bonds. The summed E-state index contributed by atoms with van der Waals surface area (Å²) in [6.45, 7) is 11.8. The number of piperazine rings is 1. The van der Waals surface area contributed by atoms with Gasteiger partial charge in [0.25, 0.3) is 5.91 Å². The van der Waals surface area contributed by atoms with Gasteiger partial charge in [-0.05, 0) is 24.6 Å². The number of hydrogen-bond donors (Lipinski definition) is 1. The van der Waals surface area contributed by atoms with Crippen molar-refractivity contribution < 1.29 is 4.79 Å². The number of aromatic nitrogens is 1. The Balaban J connectivity index is 1.73. The Bertz CT molecular complexity index is 509. The lowest BCUT2D eigenvalue weighted by Crippen LogP contribution is -2.48. The molecule has 1 aliphatic rings. The second-order valence-electron chi connectivity index (χ2n) is 6.85. The number of carbonyl (C=O) groups excluding carboxylic acids is 1. The van der Waals surface area contributed by atoms with E-state index < -0.39 is 0 Å².